The fourth-order valence-electron chi connectivity index (χ4n) is 4.37. The third-order valence-electron chi connectivity index (χ3n) is 6.09. The molecule has 33 heavy (non-hydrogen) atoms. The quantitative estimate of drug-likeness (QED) is 0.497. The standard InChI is InChI=1S/C25H25N7O/c1-2-19-15-27-28-16-20(19)13-18(1)14-22-17-32-8-7-26-25(32)24(30-22)29-21-3-5-23(6-4-21)31-9-11-33-12-10-31/h1-8,13,15,17,28H,9-12,14,16H2,(H,29,30). The highest BCUT2D eigenvalue weighted by molar-refractivity contribution is 5.82. The molecule has 2 aromatic heterocycles. The molecule has 1 fully saturated rings. The number of anilines is 3. The summed E-state index contributed by atoms with van der Waals surface area (Å²) in [5.41, 5.74) is 10.7. The molecule has 0 saturated carbocycles. The van der Waals surface area contributed by atoms with Crippen molar-refractivity contribution in [2.75, 3.05) is 36.5 Å². The third kappa shape index (κ3) is 4.12. The van der Waals surface area contributed by atoms with E-state index in [0.717, 1.165) is 62.1 Å². The van der Waals surface area contributed by atoms with E-state index in [1.807, 2.05) is 23.0 Å². The molecule has 2 N–H and O–H groups in total. The van der Waals surface area contributed by atoms with Crippen LogP contribution in [0.25, 0.3) is 5.65 Å². The lowest BCUT2D eigenvalue weighted by atomic mass is 10.0. The van der Waals surface area contributed by atoms with E-state index in [9.17, 15) is 0 Å². The van der Waals surface area contributed by atoms with Crippen LogP contribution in [0.3, 0.4) is 0 Å². The molecule has 0 bridgehead atoms. The Labute approximate surface area is 191 Å². The van der Waals surface area contributed by atoms with Gasteiger partial charge in [-0.25, -0.2) is 9.97 Å². The van der Waals surface area contributed by atoms with E-state index in [4.69, 9.17) is 9.72 Å². The van der Waals surface area contributed by atoms with Crippen molar-refractivity contribution < 1.29 is 4.74 Å². The van der Waals surface area contributed by atoms with Crippen molar-refractivity contribution in [3.63, 3.8) is 0 Å². The predicted octanol–water partition coefficient (Wildman–Crippen LogP) is 3.34. The van der Waals surface area contributed by atoms with Crippen molar-refractivity contribution in [2.45, 2.75) is 13.0 Å². The highest BCUT2D eigenvalue weighted by atomic mass is 16.5. The lowest BCUT2D eigenvalue weighted by molar-refractivity contribution is 0.122. The highest BCUT2D eigenvalue weighted by Gasteiger charge is 2.13. The van der Waals surface area contributed by atoms with E-state index >= 15 is 0 Å². The van der Waals surface area contributed by atoms with Gasteiger partial charge in [-0.3, -0.25) is 0 Å². The monoisotopic (exact) mass is 439 g/mol. The van der Waals surface area contributed by atoms with E-state index in [1.165, 1.54) is 22.4 Å². The SMILES string of the molecule is C1=NNCc2cc(Cc3cn4ccnc4c(Nc4ccc(N5CCOCC5)cc4)n3)ccc21. The Morgan fingerprint density at radius 2 is 1.94 bits per heavy atom. The summed E-state index contributed by atoms with van der Waals surface area (Å²) in [7, 11) is 0. The van der Waals surface area contributed by atoms with Crippen molar-refractivity contribution >= 4 is 29.1 Å². The van der Waals surface area contributed by atoms with Crippen LogP contribution in [0.1, 0.15) is 22.4 Å². The van der Waals surface area contributed by atoms with Gasteiger partial charge in [-0.1, -0.05) is 18.2 Å². The highest BCUT2D eigenvalue weighted by Crippen LogP contribution is 2.24. The molecule has 8 heteroatoms. The lowest BCUT2D eigenvalue weighted by Crippen LogP contribution is -2.36. The predicted molar refractivity (Wildman–Crippen MR) is 129 cm³/mol. The van der Waals surface area contributed by atoms with Crippen LogP contribution in [0.2, 0.25) is 0 Å². The molecule has 4 aromatic rings. The molecule has 8 nitrogen and oxygen atoms in total. The fourth-order valence-corrected chi connectivity index (χ4v) is 4.37. The van der Waals surface area contributed by atoms with Gasteiger partial charge in [0.2, 0.25) is 0 Å². The molecule has 2 aliphatic heterocycles. The van der Waals surface area contributed by atoms with Gasteiger partial charge in [0.05, 0.1) is 31.7 Å². The molecule has 0 radical (unpaired) electrons. The smallest absolute Gasteiger partial charge is 0.180 e. The van der Waals surface area contributed by atoms with Crippen LogP contribution in [0, 0.1) is 0 Å². The summed E-state index contributed by atoms with van der Waals surface area (Å²) in [5.74, 6) is 0.753. The van der Waals surface area contributed by atoms with Crippen molar-refractivity contribution in [3.05, 3.63) is 83.4 Å². The largest absolute Gasteiger partial charge is 0.378 e. The molecule has 2 aliphatic rings. The van der Waals surface area contributed by atoms with Gasteiger partial charge in [-0.2, -0.15) is 5.10 Å². The first-order valence-electron chi connectivity index (χ1n) is 11.2. The van der Waals surface area contributed by atoms with Crippen LogP contribution in [0.5, 0.6) is 0 Å². The van der Waals surface area contributed by atoms with Crippen molar-refractivity contribution in [3.8, 4) is 0 Å². The molecule has 0 spiro atoms. The summed E-state index contributed by atoms with van der Waals surface area (Å²) in [6.45, 7) is 4.17. The van der Waals surface area contributed by atoms with Crippen molar-refractivity contribution in [1.82, 2.24) is 19.8 Å². The first kappa shape index (κ1) is 19.8. The Bertz CT molecular complexity index is 1310. The molecule has 0 aliphatic carbocycles. The van der Waals surface area contributed by atoms with Gasteiger partial charge in [0.15, 0.2) is 11.5 Å². The van der Waals surface area contributed by atoms with Crippen molar-refractivity contribution in [1.29, 1.82) is 0 Å². The molecule has 2 aromatic carbocycles. The number of hydrogen-bond donors (Lipinski definition) is 2. The van der Waals surface area contributed by atoms with Crippen LogP contribution in [-0.2, 0) is 17.7 Å². The van der Waals surface area contributed by atoms with Crippen LogP contribution in [-0.4, -0.2) is 46.9 Å². The maximum atomic E-state index is 5.46. The van der Waals surface area contributed by atoms with Crippen molar-refractivity contribution in [2.24, 2.45) is 5.10 Å². The molecule has 0 amide bonds. The molecule has 1 saturated heterocycles. The number of nitrogens with zero attached hydrogens (tertiary/aromatic N) is 5. The van der Waals surface area contributed by atoms with Crippen LogP contribution in [0.15, 0.2) is 66.2 Å². The minimum atomic E-state index is 0.739. The van der Waals surface area contributed by atoms with Crippen LogP contribution >= 0.6 is 0 Å². The number of nitrogens with one attached hydrogen (secondary N) is 2. The van der Waals surface area contributed by atoms with E-state index in [-0.39, 0.29) is 0 Å². The Kier molecular flexibility index (Phi) is 5.12. The molecule has 0 unspecified atom stereocenters. The first-order chi connectivity index (χ1) is 16.3. The van der Waals surface area contributed by atoms with Gasteiger partial charge >= 0.3 is 0 Å². The van der Waals surface area contributed by atoms with E-state index in [2.05, 4.69) is 68.2 Å². The number of imidazole rings is 1. The Morgan fingerprint density at radius 1 is 1.06 bits per heavy atom. The van der Waals surface area contributed by atoms with Gasteiger partial charge in [-0.05, 0) is 41.0 Å². The number of hydrogen-bond acceptors (Lipinski definition) is 7. The van der Waals surface area contributed by atoms with Gasteiger partial charge < -0.3 is 24.8 Å². The Morgan fingerprint density at radius 3 is 2.82 bits per heavy atom. The normalized spacial score (nSPS) is 15.3. The lowest BCUT2D eigenvalue weighted by Gasteiger charge is -2.28. The average Bonchev–Trinajstić information content (AvgIpc) is 3.34. The summed E-state index contributed by atoms with van der Waals surface area (Å²) in [4.78, 5) is 11.8. The zero-order valence-electron chi connectivity index (χ0n) is 18.2. The fraction of sp³-hybridized carbons (Fsp3) is 0.240. The Hall–Kier alpha value is -3.91. The summed E-state index contributed by atoms with van der Waals surface area (Å²) < 4.78 is 7.49. The summed E-state index contributed by atoms with van der Waals surface area (Å²) in [6.07, 6.45) is 8.42. The van der Waals surface area contributed by atoms with Crippen LogP contribution < -0.4 is 15.6 Å². The Balaban J connectivity index is 1.25. The minimum absolute atomic E-state index is 0.739. The van der Waals surface area contributed by atoms with Gasteiger partial charge in [0.1, 0.15) is 0 Å². The first-order valence-corrected chi connectivity index (χ1v) is 11.2. The topological polar surface area (TPSA) is 79.1 Å². The second-order valence-electron chi connectivity index (χ2n) is 8.31. The maximum absolute atomic E-state index is 5.46. The van der Waals surface area contributed by atoms with Gasteiger partial charge in [0, 0.05) is 49.5 Å². The molecule has 166 valence electrons. The second kappa shape index (κ2) is 8.55. The zero-order chi connectivity index (χ0) is 22.0. The van der Waals surface area contributed by atoms with E-state index in [0.29, 0.717) is 0 Å². The number of aromatic nitrogens is 3. The molecule has 6 rings (SSSR count). The molecule has 0 atom stereocenters. The van der Waals surface area contributed by atoms with Crippen LogP contribution in [0.4, 0.5) is 17.2 Å². The van der Waals surface area contributed by atoms with E-state index < -0.39 is 0 Å². The number of fused-ring (bicyclic) bond motifs is 2. The van der Waals surface area contributed by atoms with Gasteiger partial charge in [-0.15, -0.1) is 0 Å². The number of benzene rings is 2. The summed E-state index contributed by atoms with van der Waals surface area (Å²) >= 11 is 0. The maximum Gasteiger partial charge on any atom is 0.180 e. The minimum Gasteiger partial charge on any atom is -0.378 e. The molecular formula is C25H25N7O. The van der Waals surface area contributed by atoms with Gasteiger partial charge in [0.25, 0.3) is 0 Å². The zero-order valence-corrected chi connectivity index (χ0v) is 18.2. The summed E-state index contributed by atoms with van der Waals surface area (Å²) in [5, 5.41) is 7.60. The number of hydrazone groups is 1. The molecular weight excluding hydrogens is 414 g/mol. The summed E-state index contributed by atoms with van der Waals surface area (Å²) in [6, 6.07) is 15.0. The molecule has 4 heterocycles. The third-order valence-corrected chi connectivity index (χ3v) is 6.09. The number of morpholine rings is 1. The van der Waals surface area contributed by atoms with E-state index in [1.54, 1.807) is 6.20 Å². The number of rotatable bonds is 5. The average molecular weight is 440 g/mol. The second-order valence-corrected chi connectivity index (χ2v) is 8.31. The number of ether oxygens (including phenoxy) is 1.